The quantitative estimate of drug-likeness (QED) is 0.842. The van der Waals surface area contributed by atoms with Crippen molar-refractivity contribution in [2.75, 3.05) is 25.0 Å². The van der Waals surface area contributed by atoms with E-state index in [0.717, 1.165) is 25.2 Å². The van der Waals surface area contributed by atoms with Crippen molar-refractivity contribution < 1.29 is 4.79 Å². The lowest BCUT2D eigenvalue weighted by Crippen LogP contribution is -2.37. The summed E-state index contributed by atoms with van der Waals surface area (Å²) in [5.74, 6) is 0.179. The molecule has 1 heterocycles. The van der Waals surface area contributed by atoms with Crippen LogP contribution in [0.2, 0.25) is 0 Å². The van der Waals surface area contributed by atoms with Gasteiger partial charge in [0.1, 0.15) is 0 Å². The molecule has 0 fully saturated rings. The van der Waals surface area contributed by atoms with Crippen molar-refractivity contribution in [3.63, 3.8) is 0 Å². The van der Waals surface area contributed by atoms with E-state index in [4.69, 9.17) is 0 Å². The average Bonchev–Trinajstić information content (AvgIpc) is 2.98. The number of carbonyl (C=O) groups is 1. The van der Waals surface area contributed by atoms with Crippen LogP contribution in [0.25, 0.3) is 0 Å². The summed E-state index contributed by atoms with van der Waals surface area (Å²) in [7, 11) is 2.01. The highest BCUT2D eigenvalue weighted by Gasteiger charge is 2.24. The van der Waals surface area contributed by atoms with Crippen molar-refractivity contribution in [3.8, 4) is 0 Å². The molecule has 3 heteroatoms. The summed E-state index contributed by atoms with van der Waals surface area (Å²) >= 11 is 0. The van der Waals surface area contributed by atoms with Gasteiger partial charge in [-0.2, -0.15) is 0 Å². The van der Waals surface area contributed by atoms with E-state index in [1.54, 1.807) is 0 Å². The van der Waals surface area contributed by atoms with Crippen LogP contribution in [0, 0.1) is 0 Å². The molecule has 0 radical (unpaired) electrons. The minimum Gasteiger partial charge on any atom is -0.311 e. The predicted octanol–water partition coefficient (Wildman–Crippen LogP) is 4.01. The Hall–Kier alpha value is -2.13. The van der Waals surface area contributed by atoms with Crippen LogP contribution in [-0.2, 0) is 23.2 Å². The number of hydrogen-bond donors (Lipinski definition) is 0. The maximum absolute atomic E-state index is 12.7. The summed E-state index contributed by atoms with van der Waals surface area (Å²) in [5.41, 5.74) is 5.10. The third-order valence-corrected chi connectivity index (χ3v) is 4.87. The van der Waals surface area contributed by atoms with Crippen LogP contribution in [0.5, 0.6) is 0 Å². The zero-order valence-electron chi connectivity index (χ0n) is 15.7. The first kappa shape index (κ1) is 17.7. The number of fused-ring (bicyclic) bond motifs is 1. The van der Waals surface area contributed by atoms with Gasteiger partial charge in [-0.25, -0.2) is 0 Å². The number of carbonyl (C=O) groups excluding carboxylic acids is 1. The van der Waals surface area contributed by atoms with Gasteiger partial charge >= 0.3 is 0 Å². The molecule has 0 saturated heterocycles. The Kier molecular flexibility index (Phi) is 4.96. The van der Waals surface area contributed by atoms with Gasteiger partial charge in [-0.05, 0) is 41.6 Å². The van der Waals surface area contributed by atoms with Crippen molar-refractivity contribution in [3.05, 3.63) is 65.2 Å². The molecule has 132 valence electrons. The van der Waals surface area contributed by atoms with Gasteiger partial charge in [0.15, 0.2) is 0 Å². The highest BCUT2D eigenvalue weighted by Crippen LogP contribution is 2.27. The van der Waals surface area contributed by atoms with Gasteiger partial charge < -0.3 is 4.90 Å². The Labute approximate surface area is 151 Å². The molecule has 1 aliphatic rings. The summed E-state index contributed by atoms with van der Waals surface area (Å²) in [6.07, 6.45) is 0.958. The molecule has 1 aliphatic heterocycles. The smallest absolute Gasteiger partial charge is 0.241 e. The number of likely N-dealkylation sites (N-methyl/N-ethyl adjacent to an activating group) is 1. The highest BCUT2D eigenvalue weighted by atomic mass is 16.2. The van der Waals surface area contributed by atoms with Crippen LogP contribution in [0.3, 0.4) is 0 Å². The van der Waals surface area contributed by atoms with E-state index in [-0.39, 0.29) is 11.3 Å². The Balaban J connectivity index is 1.59. The van der Waals surface area contributed by atoms with Gasteiger partial charge in [-0.1, -0.05) is 63.2 Å². The second kappa shape index (κ2) is 7.01. The van der Waals surface area contributed by atoms with E-state index in [1.807, 2.05) is 30.1 Å². The fraction of sp³-hybridized carbons (Fsp3) is 0.409. The summed E-state index contributed by atoms with van der Waals surface area (Å²) < 4.78 is 0. The molecule has 0 atom stereocenters. The molecule has 0 N–H and O–H groups in total. The fourth-order valence-corrected chi connectivity index (χ4v) is 3.39. The first-order valence-corrected chi connectivity index (χ1v) is 9.01. The minimum atomic E-state index is 0.170. The highest BCUT2D eigenvalue weighted by molar-refractivity contribution is 5.96. The Morgan fingerprint density at radius 1 is 1.08 bits per heavy atom. The third kappa shape index (κ3) is 4.10. The first-order chi connectivity index (χ1) is 11.8. The van der Waals surface area contributed by atoms with Crippen LogP contribution in [-0.4, -0.2) is 30.9 Å². The number of benzene rings is 2. The summed E-state index contributed by atoms with van der Waals surface area (Å²) in [5, 5.41) is 0. The maximum atomic E-state index is 12.7. The van der Waals surface area contributed by atoms with E-state index >= 15 is 0 Å². The number of para-hydroxylation sites is 1. The van der Waals surface area contributed by atoms with Crippen LogP contribution in [0.1, 0.15) is 37.5 Å². The minimum absolute atomic E-state index is 0.170. The van der Waals surface area contributed by atoms with Crippen molar-refractivity contribution >= 4 is 11.6 Å². The summed E-state index contributed by atoms with van der Waals surface area (Å²) in [6, 6.07) is 16.9. The lowest BCUT2D eigenvalue weighted by atomic mass is 9.87. The number of nitrogens with zero attached hydrogens (tertiary/aromatic N) is 2. The topological polar surface area (TPSA) is 23.6 Å². The molecule has 2 aromatic carbocycles. The SMILES string of the molecule is CN(CC(=O)N1CCc2ccccc21)Cc1ccc(C(C)(C)C)cc1. The standard InChI is InChI=1S/C22H28N2O/c1-22(2,3)19-11-9-17(10-12-19)15-23(4)16-21(25)24-14-13-18-7-5-6-8-20(18)24/h5-12H,13-16H2,1-4H3. The van der Waals surface area contributed by atoms with Crippen molar-refractivity contribution in [1.29, 1.82) is 0 Å². The number of rotatable bonds is 4. The lowest BCUT2D eigenvalue weighted by molar-refractivity contribution is -0.119. The molecule has 0 saturated carbocycles. The third-order valence-electron chi connectivity index (χ3n) is 4.87. The van der Waals surface area contributed by atoms with E-state index < -0.39 is 0 Å². The van der Waals surface area contributed by atoms with E-state index in [2.05, 4.69) is 56.0 Å². The first-order valence-electron chi connectivity index (χ1n) is 9.01. The van der Waals surface area contributed by atoms with Crippen molar-refractivity contribution in [2.45, 2.75) is 39.2 Å². The van der Waals surface area contributed by atoms with Crippen molar-refractivity contribution in [1.82, 2.24) is 4.90 Å². The van der Waals surface area contributed by atoms with Crippen molar-refractivity contribution in [2.24, 2.45) is 0 Å². The van der Waals surface area contributed by atoms with Gasteiger partial charge in [-0.3, -0.25) is 9.69 Å². The Morgan fingerprint density at radius 3 is 2.44 bits per heavy atom. The normalized spacial score (nSPS) is 14.0. The second-order valence-corrected chi connectivity index (χ2v) is 8.04. The summed E-state index contributed by atoms with van der Waals surface area (Å²) in [4.78, 5) is 16.7. The van der Waals surface area contributed by atoms with Crippen LogP contribution in [0.15, 0.2) is 48.5 Å². The molecule has 0 unspecified atom stereocenters. The van der Waals surface area contributed by atoms with E-state index in [0.29, 0.717) is 6.54 Å². The molecule has 0 spiro atoms. The van der Waals surface area contributed by atoms with Gasteiger partial charge in [0, 0.05) is 18.8 Å². The fourth-order valence-electron chi connectivity index (χ4n) is 3.39. The lowest BCUT2D eigenvalue weighted by Gasteiger charge is -2.23. The molecule has 3 nitrogen and oxygen atoms in total. The van der Waals surface area contributed by atoms with Gasteiger partial charge in [0.2, 0.25) is 5.91 Å². The molecule has 1 amide bonds. The largest absolute Gasteiger partial charge is 0.311 e. The van der Waals surface area contributed by atoms with E-state index in [1.165, 1.54) is 16.7 Å². The van der Waals surface area contributed by atoms with Gasteiger partial charge in [0.05, 0.1) is 6.54 Å². The average molecular weight is 336 g/mol. The zero-order valence-corrected chi connectivity index (χ0v) is 15.7. The van der Waals surface area contributed by atoms with Gasteiger partial charge in [-0.15, -0.1) is 0 Å². The number of anilines is 1. The monoisotopic (exact) mass is 336 g/mol. The number of hydrogen-bond acceptors (Lipinski definition) is 2. The molecule has 3 rings (SSSR count). The molecular formula is C22H28N2O. The molecule has 0 aromatic heterocycles. The predicted molar refractivity (Wildman–Crippen MR) is 104 cm³/mol. The van der Waals surface area contributed by atoms with Crippen LogP contribution >= 0.6 is 0 Å². The zero-order chi connectivity index (χ0) is 18.0. The second-order valence-electron chi connectivity index (χ2n) is 8.04. The van der Waals surface area contributed by atoms with Crippen LogP contribution < -0.4 is 4.90 Å². The maximum Gasteiger partial charge on any atom is 0.241 e. The van der Waals surface area contributed by atoms with Gasteiger partial charge in [0.25, 0.3) is 0 Å². The molecule has 2 aromatic rings. The molecule has 25 heavy (non-hydrogen) atoms. The number of amides is 1. The molecule has 0 bridgehead atoms. The summed E-state index contributed by atoms with van der Waals surface area (Å²) in [6.45, 7) is 8.69. The molecular weight excluding hydrogens is 308 g/mol. The van der Waals surface area contributed by atoms with Crippen LogP contribution in [0.4, 0.5) is 5.69 Å². The molecule has 0 aliphatic carbocycles. The van der Waals surface area contributed by atoms with E-state index in [9.17, 15) is 4.79 Å². The Bertz CT molecular complexity index is 743. The Morgan fingerprint density at radius 2 is 1.76 bits per heavy atom.